The van der Waals surface area contributed by atoms with Gasteiger partial charge in [-0.05, 0) is 25.5 Å². The number of para-hydroxylation sites is 1. The van der Waals surface area contributed by atoms with Gasteiger partial charge in [0.05, 0.1) is 11.6 Å². The van der Waals surface area contributed by atoms with E-state index in [2.05, 4.69) is 6.07 Å². The highest BCUT2D eigenvalue weighted by molar-refractivity contribution is 5.82. The number of aromatic nitrogens is 1. The molecule has 0 unspecified atom stereocenters. The van der Waals surface area contributed by atoms with Crippen LogP contribution in [0.2, 0.25) is 0 Å². The summed E-state index contributed by atoms with van der Waals surface area (Å²) in [5.41, 5.74) is 2.74. The molecule has 2 aromatic rings. The molecule has 0 atom stereocenters. The van der Waals surface area contributed by atoms with E-state index in [0.717, 1.165) is 16.8 Å². The molecule has 0 amide bonds. The van der Waals surface area contributed by atoms with Gasteiger partial charge in [0.15, 0.2) is 5.43 Å². The summed E-state index contributed by atoms with van der Waals surface area (Å²) in [5, 5.41) is 9.50. The van der Waals surface area contributed by atoms with Crippen LogP contribution in [0.3, 0.4) is 0 Å². The summed E-state index contributed by atoms with van der Waals surface area (Å²) in [6.07, 6.45) is 0. The lowest BCUT2D eigenvalue weighted by atomic mass is 10.1. The van der Waals surface area contributed by atoms with E-state index >= 15 is 0 Å². The van der Waals surface area contributed by atoms with Crippen molar-refractivity contribution in [3.05, 3.63) is 45.7 Å². The third kappa shape index (κ3) is 1.49. The van der Waals surface area contributed by atoms with E-state index in [1.165, 1.54) is 0 Å². The molecule has 0 aliphatic rings. The molecule has 0 aliphatic heterocycles. The highest BCUT2D eigenvalue weighted by Crippen LogP contribution is 2.16. The summed E-state index contributed by atoms with van der Waals surface area (Å²) in [6.45, 7) is 4.08. The van der Waals surface area contributed by atoms with Crippen LogP contribution in [-0.4, -0.2) is 4.57 Å². The predicted octanol–water partition coefficient (Wildman–Crippen LogP) is 2.14. The van der Waals surface area contributed by atoms with Crippen molar-refractivity contribution in [1.82, 2.24) is 4.57 Å². The average Bonchev–Trinajstić information content (AvgIpc) is 2.24. The molecule has 1 heterocycles. The zero-order valence-corrected chi connectivity index (χ0v) is 9.32. The first-order chi connectivity index (χ1) is 7.65. The number of rotatable bonds is 1. The first-order valence-corrected chi connectivity index (χ1v) is 5.12. The monoisotopic (exact) mass is 212 g/mol. The van der Waals surface area contributed by atoms with Gasteiger partial charge in [-0.3, -0.25) is 4.79 Å². The van der Waals surface area contributed by atoms with E-state index < -0.39 is 0 Å². The molecule has 3 nitrogen and oxygen atoms in total. The summed E-state index contributed by atoms with van der Waals surface area (Å²) in [6, 6.07) is 9.33. The van der Waals surface area contributed by atoms with Crippen LogP contribution in [0, 0.1) is 25.2 Å². The number of hydrogen-bond donors (Lipinski definition) is 0. The van der Waals surface area contributed by atoms with Gasteiger partial charge in [0.2, 0.25) is 0 Å². The fourth-order valence-corrected chi connectivity index (χ4v) is 2.01. The predicted molar refractivity (Wildman–Crippen MR) is 63.3 cm³/mol. The quantitative estimate of drug-likeness (QED) is 0.727. The van der Waals surface area contributed by atoms with Crippen LogP contribution in [0.4, 0.5) is 0 Å². The summed E-state index contributed by atoms with van der Waals surface area (Å²) in [4.78, 5) is 11.8. The van der Waals surface area contributed by atoms with Crippen molar-refractivity contribution in [2.45, 2.75) is 20.4 Å². The van der Waals surface area contributed by atoms with E-state index in [9.17, 15) is 4.79 Å². The summed E-state index contributed by atoms with van der Waals surface area (Å²) in [7, 11) is 0. The molecule has 0 aliphatic carbocycles. The number of benzene rings is 1. The maximum absolute atomic E-state index is 11.8. The zero-order chi connectivity index (χ0) is 11.7. The van der Waals surface area contributed by atoms with Crippen LogP contribution in [0.5, 0.6) is 0 Å². The van der Waals surface area contributed by atoms with E-state index in [1.54, 1.807) is 12.1 Å². The Hall–Kier alpha value is -2.08. The number of nitrogens with zero attached hydrogens (tertiary/aromatic N) is 2. The van der Waals surface area contributed by atoms with Crippen molar-refractivity contribution in [3.8, 4) is 6.07 Å². The third-order valence-corrected chi connectivity index (χ3v) is 2.77. The van der Waals surface area contributed by atoms with Crippen LogP contribution < -0.4 is 5.43 Å². The number of nitriles is 1. The van der Waals surface area contributed by atoms with E-state index in [-0.39, 0.29) is 12.0 Å². The Kier molecular flexibility index (Phi) is 2.49. The van der Waals surface area contributed by atoms with Crippen molar-refractivity contribution in [3.63, 3.8) is 0 Å². The second kappa shape index (κ2) is 3.82. The summed E-state index contributed by atoms with van der Waals surface area (Å²) in [5.74, 6) is 0. The van der Waals surface area contributed by atoms with Crippen LogP contribution in [0.15, 0.2) is 29.1 Å². The van der Waals surface area contributed by atoms with Crippen LogP contribution in [-0.2, 0) is 6.54 Å². The molecule has 0 spiro atoms. The lowest BCUT2D eigenvalue weighted by molar-refractivity contribution is 0.820. The van der Waals surface area contributed by atoms with Gasteiger partial charge in [-0.15, -0.1) is 0 Å². The number of pyridine rings is 1. The smallest absolute Gasteiger partial charge is 0.189 e. The molecule has 80 valence electrons. The minimum absolute atomic E-state index is 0.0189. The molecule has 1 aromatic heterocycles. The van der Waals surface area contributed by atoms with Gasteiger partial charge in [-0.2, -0.15) is 5.26 Å². The Bertz CT molecular complexity index is 647. The van der Waals surface area contributed by atoms with E-state index in [1.807, 2.05) is 30.5 Å². The van der Waals surface area contributed by atoms with Crippen molar-refractivity contribution in [1.29, 1.82) is 5.26 Å². The Morgan fingerprint density at radius 2 is 2.12 bits per heavy atom. The third-order valence-electron chi connectivity index (χ3n) is 2.77. The Morgan fingerprint density at radius 1 is 1.38 bits per heavy atom. The molecule has 3 heteroatoms. The highest BCUT2D eigenvalue weighted by atomic mass is 16.1. The standard InChI is InChI=1S/C13H12N2O/c1-9-4-3-5-11-12(16)8-10(2)15(7-6-14)13(9)11/h3-5,8H,7H2,1-2H3. The lowest BCUT2D eigenvalue weighted by Gasteiger charge is -2.12. The molecular weight excluding hydrogens is 200 g/mol. The fraction of sp³-hybridized carbons (Fsp3) is 0.231. The van der Waals surface area contributed by atoms with E-state index in [4.69, 9.17) is 5.26 Å². The van der Waals surface area contributed by atoms with Gasteiger partial charge >= 0.3 is 0 Å². The molecule has 0 N–H and O–H groups in total. The van der Waals surface area contributed by atoms with Gasteiger partial charge in [-0.25, -0.2) is 0 Å². The Labute approximate surface area is 93.6 Å². The fourth-order valence-electron chi connectivity index (χ4n) is 2.01. The lowest BCUT2D eigenvalue weighted by Crippen LogP contribution is -2.12. The minimum Gasteiger partial charge on any atom is -0.331 e. The topological polar surface area (TPSA) is 45.8 Å². The van der Waals surface area contributed by atoms with Gasteiger partial charge in [-0.1, -0.05) is 12.1 Å². The number of hydrogen-bond acceptors (Lipinski definition) is 2. The van der Waals surface area contributed by atoms with Gasteiger partial charge in [0, 0.05) is 17.1 Å². The molecule has 0 radical (unpaired) electrons. The molecular formula is C13H12N2O. The summed E-state index contributed by atoms with van der Waals surface area (Å²) >= 11 is 0. The van der Waals surface area contributed by atoms with Crippen molar-refractivity contribution in [2.75, 3.05) is 0 Å². The molecule has 1 aromatic carbocycles. The van der Waals surface area contributed by atoms with E-state index in [0.29, 0.717) is 5.39 Å². The van der Waals surface area contributed by atoms with Gasteiger partial charge < -0.3 is 4.57 Å². The number of fused-ring (bicyclic) bond motifs is 1. The second-order valence-electron chi connectivity index (χ2n) is 3.87. The highest BCUT2D eigenvalue weighted by Gasteiger charge is 2.07. The Morgan fingerprint density at radius 3 is 2.81 bits per heavy atom. The largest absolute Gasteiger partial charge is 0.331 e. The molecule has 0 bridgehead atoms. The van der Waals surface area contributed by atoms with Gasteiger partial charge in [0.25, 0.3) is 0 Å². The molecule has 0 fully saturated rings. The first kappa shape index (κ1) is 10.4. The Balaban J connectivity index is 2.99. The maximum Gasteiger partial charge on any atom is 0.189 e. The van der Waals surface area contributed by atoms with Crippen molar-refractivity contribution < 1.29 is 0 Å². The number of aryl methyl sites for hydroxylation is 2. The molecule has 0 saturated carbocycles. The average molecular weight is 212 g/mol. The van der Waals surface area contributed by atoms with Crippen molar-refractivity contribution in [2.24, 2.45) is 0 Å². The second-order valence-corrected chi connectivity index (χ2v) is 3.87. The molecule has 0 saturated heterocycles. The van der Waals surface area contributed by atoms with Crippen LogP contribution >= 0.6 is 0 Å². The molecule has 16 heavy (non-hydrogen) atoms. The van der Waals surface area contributed by atoms with Gasteiger partial charge in [0.1, 0.15) is 6.54 Å². The normalized spacial score (nSPS) is 10.3. The summed E-state index contributed by atoms with van der Waals surface area (Å²) < 4.78 is 1.88. The van der Waals surface area contributed by atoms with Crippen molar-refractivity contribution >= 4 is 10.9 Å². The van der Waals surface area contributed by atoms with Crippen LogP contribution in [0.1, 0.15) is 11.3 Å². The molecule has 2 rings (SSSR count). The SMILES string of the molecule is Cc1cccc2c(=O)cc(C)n(CC#N)c12. The first-order valence-electron chi connectivity index (χ1n) is 5.12. The van der Waals surface area contributed by atoms with Crippen LogP contribution in [0.25, 0.3) is 10.9 Å². The zero-order valence-electron chi connectivity index (χ0n) is 9.32. The maximum atomic E-state index is 11.8. The minimum atomic E-state index is 0.0189.